The molecule has 23 heavy (non-hydrogen) atoms. The van der Waals surface area contributed by atoms with Crippen LogP contribution in [-0.4, -0.2) is 28.3 Å². The van der Waals surface area contributed by atoms with Gasteiger partial charge in [0.1, 0.15) is 11.6 Å². The van der Waals surface area contributed by atoms with Crippen LogP contribution in [0.3, 0.4) is 0 Å². The van der Waals surface area contributed by atoms with E-state index in [1.807, 2.05) is 13.8 Å². The summed E-state index contributed by atoms with van der Waals surface area (Å²) in [5.41, 5.74) is 2.67. The highest BCUT2D eigenvalue weighted by Gasteiger charge is 2.19. The van der Waals surface area contributed by atoms with Crippen molar-refractivity contribution in [2.75, 3.05) is 13.1 Å². The molecule has 0 aliphatic carbocycles. The van der Waals surface area contributed by atoms with Crippen LogP contribution in [0, 0.1) is 25.6 Å². The van der Waals surface area contributed by atoms with Crippen molar-refractivity contribution in [1.82, 2.24) is 10.1 Å². The van der Waals surface area contributed by atoms with Crippen LogP contribution in [0.4, 0.5) is 4.39 Å². The lowest BCUT2D eigenvalue weighted by Crippen LogP contribution is -2.32. The fourth-order valence-corrected chi connectivity index (χ4v) is 2.71. The lowest BCUT2D eigenvalue weighted by atomic mass is 10.1. The Morgan fingerprint density at radius 1 is 1.17 bits per heavy atom. The summed E-state index contributed by atoms with van der Waals surface area (Å²) in [6.07, 6.45) is -0.658. The molecule has 0 aliphatic rings. The highest BCUT2D eigenvalue weighted by atomic mass is 19.1. The van der Waals surface area contributed by atoms with Crippen LogP contribution in [0.1, 0.15) is 42.5 Å². The predicted octanol–water partition coefficient (Wildman–Crippen LogP) is 3.62. The van der Waals surface area contributed by atoms with E-state index in [0.29, 0.717) is 19.0 Å². The summed E-state index contributed by atoms with van der Waals surface area (Å²) < 4.78 is 18.2. The van der Waals surface area contributed by atoms with Crippen molar-refractivity contribution in [3.63, 3.8) is 0 Å². The summed E-state index contributed by atoms with van der Waals surface area (Å²) in [6.45, 7) is 10.1. The molecule has 1 unspecified atom stereocenters. The first-order valence-electron chi connectivity index (χ1n) is 7.94. The first-order valence-corrected chi connectivity index (χ1v) is 7.94. The molecular formula is C18H25FN2O2. The molecule has 0 aliphatic heterocycles. The molecule has 0 spiro atoms. The van der Waals surface area contributed by atoms with E-state index in [4.69, 9.17) is 4.52 Å². The van der Waals surface area contributed by atoms with Gasteiger partial charge >= 0.3 is 0 Å². The normalized spacial score (nSPS) is 13.0. The average Bonchev–Trinajstić information content (AvgIpc) is 2.79. The summed E-state index contributed by atoms with van der Waals surface area (Å²) in [7, 11) is 0. The number of aliphatic hydroxyl groups excluding tert-OH is 1. The number of aromatic nitrogens is 1. The minimum Gasteiger partial charge on any atom is -0.387 e. The molecule has 4 nitrogen and oxygen atoms in total. The van der Waals surface area contributed by atoms with Gasteiger partial charge in [0, 0.05) is 25.2 Å². The summed E-state index contributed by atoms with van der Waals surface area (Å²) in [5.74, 6) is 0.985. The van der Waals surface area contributed by atoms with Gasteiger partial charge in [-0.1, -0.05) is 31.1 Å². The molecule has 0 fully saturated rings. The maximum Gasteiger partial charge on any atom is 0.138 e. The van der Waals surface area contributed by atoms with Crippen LogP contribution in [0.5, 0.6) is 0 Å². The van der Waals surface area contributed by atoms with Gasteiger partial charge in [-0.3, -0.25) is 4.90 Å². The van der Waals surface area contributed by atoms with E-state index < -0.39 is 6.10 Å². The molecule has 0 amide bonds. The van der Waals surface area contributed by atoms with Crippen molar-refractivity contribution in [3.8, 4) is 0 Å². The third-order valence-electron chi connectivity index (χ3n) is 3.87. The van der Waals surface area contributed by atoms with E-state index in [1.165, 1.54) is 12.1 Å². The quantitative estimate of drug-likeness (QED) is 0.846. The van der Waals surface area contributed by atoms with Crippen LogP contribution >= 0.6 is 0 Å². The predicted molar refractivity (Wildman–Crippen MR) is 87.5 cm³/mol. The molecule has 1 atom stereocenters. The van der Waals surface area contributed by atoms with E-state index in [-0.39, 0.29) is 5.82 Å². The Hall–Kier alpha value is -1.72. The highest BCUT2D eigenvalue weighted by Crippen LogP contribution is 2.20. The minimum absolute atomic E-state index is 0.296. The monoisotopic (exact) mass is 320 g/mol. The minimum atomic E-state index is -0.658. The van der Waals surface area contributed by atoms with Crippen LogP contribution in [0.2, 0.25) is 0 Å². The Kier molecular flexibility index (Phi) is 5.91. The Labute approximate surface area is 136 Å². The van der Waals surface area contributed by atoms with Crippen molar-refractivity contribution in [1.29, 1.82) is 0 Å². The zero-order chi connectivity index (χ0) is 17.0. The van der Waals surface area contributed by atoms with Crippen molar-refractivity contribution in [2.45, 2.75) is 40.3 Å². The third-order valence-corrected chi connectivity index (χ3v) is 3.87. The maximum atomic E-state index is 13.0. The van der Waals surface area contributed by atoms with Crippen LogP contribution in [0.25, 0.3) is 0 Å². The molecule has 1 heterocycles. The van der Waals surface area contributed by atoms with Crippen molar-refractivity contribution < 1.29 is 14.0 Å². The zero-order valence-corrected chi connectivity index (χ0v) is 14.2. The van der Waals surface area contributed by atoms with Gasteiger partial charge in [-0.2, -0.15) is 0 Å². The Bertz CT molecular complexity index is 603. The Morgan fingerprint density at radius 3 is 2.35 bits per heavy atom. The number of hydrogen-bond acceptors (Lipinski definition) is 4. The summed E-state index contributed by atoms with van der Waals surface area (Å²) in [6, 6.07) is 6.01. The molecule has 0 bridgehead atoms. The molecule has 1 N–H and O–H groups in total. The number of nitrogens with zero attached hydrogens (tertiary/aromatic N) is 2. The maximum absolute atomic E-state index is 13.0. The van der Waals surface area contributed by atoms with Gasteiger partial charge in [0.2, 0.25) is 0 Å². The van der Waals surface area contributed by atoms with Gasteiger partial charge in [-0.05, 0) is 37.5 Å². The Morgan fingerprint density at radius 2 is 1.83 bits per heavy atom. The van der Waals surface area contributed by atoms with E-state index in [9.17, 15) is 9.50 Å². The molecule has 1 aromatic carbocycles. The van der Waals surface area contributed by atoms with Crippen LogP contribution in [-0.2, 0) is 6.54 Å². The number of halogens is 1. The number of aryl methyl sites for hydroxylation is 2. The van der Waals surface area contributed by atoms with Gasteiger partial charge in [0.05, 0.1) is 11.8 Å². The molecule has 2 rings (SSSR count). The van der Waals surface area contributed by atoms with Gasteiger partial charge in [-0.15, -0.1) is 0 Å². The molecule has 5 heteroatoms. The highest BCUT2D eigenvalue weighted by molar-refractivity contribution is 5.21. The van der Waals surface area contributed by atoms with E-state index >= 15 is 0 Å². The second-order valence-electron chi connectivity index (χ2n) is 6.46. The van der Waals surface area contributed by atoms with Crippen molar-refractivity contribution >= 4 is 0 Å². The second-order valence-corrected chi connectivity index (χ2v) is 6.46. The topological polar surface area (TPSA) is 49.5 Å². The molecule has 0 saturated carbocycles. The SMILES string of the molecule is Cc1noc(C)c1CN(CC(C)C)CC(O)c1ccc(F)cc1. The molecule has 2 aromatic rings. The molecular weight excluding hydrogens is 295 g/mol. The standard InChI is InChI=1S/C18H25FN2O2/c1-12(2)9-21(10-17-13(3)20-23-14(17)4)11-18(22)15-5-7-16(19)8-6-15/h5-8,12,18,22H,9-11H2,1-4H3. The van der Waals surface area contributed by atoms with Crippen molar-refractivity contribution in [3.05, 3.63) is 52.7 Å². The number of aliphatic hydroxyl groups is 1. The van der Waals surface area contributed by atoms with E-state index in [0.717, 1.165) is 29.1 Å². The first-order chi connectivity index (χ1) is 10.9. The summed E-state index contributed by atoms with van der Waals surface area (Å²) in [5, 5.41) is 14.4. The summed E-state index contributed by atoms with van der Waals surface area (Å²) in [4.78, 5) is 2.19. The van der Waals surface area contributed by atoms with E-state index in [2.05, 4.69) is 23.9 Å². The van der Waals surface area contributed by atoms with Gasteiger partial charge in [0.25, 0.3) is 0 Å². The smallest absolute Gasteiger partial charge is 0.138 e. The van der Waals surface area contributed by atoms with Crippen LogP contribution in [0.15, 0.2) is 28.8 Å². The van der Waals surface area contributed by atoms with Gasteiger partial charge in [-0.25, -0.2) is 4.39 Å². The fourth-order valence-electron chi connectivity index (χ4n) is 2.71. The van der Waals surface area contributed by atoms with Gasteiger partial charge in [0.15, 0.2) is 0 Å². The van der Waals surface area contributed by atoms with Gasteiger partial charge < -0.3 is 9.63 Å². The Balaban J connectivity index is 2.10. The third kappa shape index (κ3) is 4.88. The fraction of sp³-hybridized carbons (Fsp3) is 0.500. The largest absolute Gasteiger partial charge is 0.387 e. The number of hydrogen-bond donors (Lipinski definition) is 1. The lowest BCUT2D eigenvalue weighted by Gasteiger charge is -2.27. The molecule has 126 valence electrons. The zero-order valence-electron chi connectivity index (χ0n) is 14.2. The molecule has 1 aromatic heterocycles. The lowest BCUT2D eigenvalue weighted by molar-refractivity contribution is 0.101. The first kappa shape index (κ1) is 17.6. The van der Waals surface area contributed by atoms with Crippen LogP contribution < -0.4 is 0 Å². The second kappa shape index (κ2) is 7.70. The summed E-state index contributed by atoms with van der Waals surface area (Å²) >= 11 is 0. The average molecular weight is 320 g/mol. The molecule has 0 radical (unpaired) electrons. The number of rotatable bonds is 7. The van der Waals surface area contributed by atoms with E-state index in [1.54, 1.807) is 12.1 Å². The number of benzene rings is 1. The molecule has 0 saturated heterocycles. The van der Waals surface area contributed by atoms with Crippen molar-refractivity contribution in [2.24, 2.45) is 5.92 Å².